The second-order valence-electron chi connectivity index (χ2n) is 5.98. The van der Waals surface area contributed by atoms with E-state index in [4.69, 9.17) is 0 Å². The minimum absolute atomic E-state index is 0.0236. The summed E-state index contributed by atoms with van der Waals surface area (Å²) in [4.78, 5) is 5.58. The molecule has 0 saturated carbocycles. The summed E-state index contributed by atoms with van der Waals surface area (Å²) < 4.78 is 38.3. The van der Waals surface area contributed by atoms with Crippen LogP contribution in [0.1, 0.15) is 17.5 Å². The molecular formula is C16H22BrF3N4. The van der Waals surface area contributed by atoms with Crippen LogP contribution in [0.25, 0.3) is 0 Å². The lowest BCUT2D eigenvalue weighted by Crippen LogP contribution is -2.45. The van der Waals surface area contributed by atoms with E-state index in [0.29, 0.717) is 32.0 Å². The molecule has 1 heterocycles. The molecule has 8 heteroatoms. The van der Waals surface area contributed by atoms with Gasteiger partial charge in [-0.1, -0.05) is 22.0 Å². The third-order valence-electron chi connectivity index (χ3n) is 3.99. The van der Waals surface area contributed by atoms with E-state index < -0.39 is 12.7 Å². The van der Waals surface area contributed by atoms with Gasteiger partial charge in [0, 0.05) is 37.2 Å². The molecule has 1 aromatic carbocycles. The molecule has 1 saturated heterocycles. The number of benzene rings is 1. The van der Waals surface area contributed by atoms with Crippen LogP contribution in [-0.4, -0.2) is 49.8 Å². The molecule has 2 N–H and O–H groups in total. The standard InChI is InChI=1S/C16H22BrF3N4/c1-11-7-13(17)4-3-12(11)8-22-15(21-2)23-14-5-6-24(9-14)10-16(18,19)20/h3-4,7,14H,5-6,8-10H2,1-2H3,(H2,21,22,23). The molecule has 0 bridgehead atoms. The normalized spacial score (nSPS) is 19.6. The quantitative estimate of drug-likeness (QED) is 0.596. The summed E-state index contributed by atoms with van der Waals surface area (Å²) in [5.41, 5.74) is 2.30. The van der Waals surface area contributed by atoms with Crippen molar-refractivity contribution in [2.24, 2.45) is 4.99 Å². The van der Waals surface area contributed by atoms with Crippen molar-refractivity contribution in [1.82, 2.24) is 15.5 Å². The van der Waals surface area contributed by atoms with Crippen LogP contribution in [0.3, 0.4) is 0 Å². The van der Waals surface area contributed by atoms with E-state index >= 15 is 0 Å². The zero-order chi connectivity index (χ0) is 17.7. The van der Waals surface area contributed by atoms with Gasteiger partial charge in [0.1, 0.15) is 0 Å². The molecule has 134 valence electrons. The average molecular weight is 407 g/mol. The smallest absolute Gasteiger partial charge is 0.352 e. The minimum Gasteiger partial charge on any atom is -0.352 e. The summed E-state index contributed by atoms with van der Waals surface area (Å²) in [6.07, 6.45) is -3.47. The van der Waals surface area contributed by atoms with Gasteiger partial charge in [-0.25, -0.2) is 0 Å². The maximum absolute atomic E-state index is 12.4. The number of rotatable bonds is 4. The Hall–Kier alpha value is -1.28. The number of halogens is 4. The van der Waals surface area contributed by atoms with Gasteiger partial charge in [0.05, 0.1) is 6.54 Å². The first-order valence-electron chi connectivity index (χ1n) is 7.78. The number of aryl methyl sites for hydroxylation is 1. The number of likely N-dealkylation sites (tertiary alicyclic amines) is 1. The van der Waals surface area contributed by atoms with Crippen LogP contribution in [0.2, 0.25) is 0 Å². The van der Waals surface area contributed by atoms with Crippen LogP contribution in [0.5, 0.6) is 0 Å². The Morgan fingerprint density at radius 2 is 2.17 bits per heavy atom. The Labute approximate surface area is 148 Å². The van der Waals surface area contributed by atoms with E-state index in [1.54, 1.807) is 7.05 Å². The number of aliphatic imine (C=N–C) groups is 1. The van der Waals surface area contributed by atoms with Crippen LogP contribution in [0, 0.1) is 6.92 Å². The zero-order valence-electron chi connectivity index (χ0n) is 13.8. The van der Waals surface area contributed by atoms with Crippen LogP contribution in [0.4, 0.5) is 13.2 Å². The highest BCUT2D eigenvalue weighted by Crippen LogP contribution is 2.20. The van der Waals surface area contributed by atoms with Crippen LogP contribution >= 0.6 is 15.9 Å². The summed E-state index contributed by atoms with van der Waals surface area (Å²) in [7, 11) is 1.66. The minimum atomic E-state index is -4.14. The highest BCUT2D eigenvalue weighted by atomic mass is 79.9. The van der Waals surface area contributed by atoms with Gasteiger partial charge in [-0.15, -0.1) is 0 Å². The molecule has 0 aliphatic carbocycles. The molecule has 1 aliphatic heterocycles. The first kappa shape index (κ1) is 19.1. The van der Waals surface area contributed by atoms with Gasteiger partial charge < -0.3 is 10.6 Å². The summed E-state index contributed by atoms with van der Waals surface area (Å²) in [6, 6.07) is 6.02. The lowest BCUT2D eigenvalue weighted by Gasteiger charge is -2.20. The Bertz CT molecular complexity index is 589. The zero-order valence-corrected chi connectivity index (χ0v) is 15.3. The van der Waals surface area contributed by atoms with Crippen LogP contribution in [0.15, 0.2) is 27.7 Å². The molecule has 1 aromatic rings. The number of hydrogen-bond acceptors (Lipinski definition) is 2. The highest BCUT2D eigenvalue weighted by Gasteiger charge is 2.34. The molecule has 1 aliphatic rings. The molecule has 1 unspecified atom stereocenters. The molecule has 0 spiro atoms. The van der Waals surface area contributed by atoms with Crippen molar-refractivity contribution >= 4 is 21.9 Å². The fourth-order valence-corrected chi connectivity index (χ4v) is 3.25. The topological polar surface area (TPSA) is 39.7 Å². The second-order valence-corrected chi connectivity index (χ2v) is 6.89. The van der Waals surface area contributed by atoms with E-state index in [2.05, 4.69) is 31.6 Å². The number of nitrogens with zero attached hydrogens (tertiary/aromatic N) is 2. The monoisotopic (exact) mass is 406 g/mol. The van der Waals surface area contributed by atoms with Crippen molar-refractivity contribution < 1.29 is 13.2 Å². The van der Waals surface area contributed by atoms with Gasteiger partial charge in [-0.2, -0.15) is 13.2 Å². The summed E-state index contributed by atoms with van der Waals surface area (Å²) in [5.74, 6) is 0.608. The fraction of sp³-hybridized carbons (Fsp3) is 0.562. The van der Waals surface area contributed by atoms with Gasteiger partial charge in [0.2, 0.25) is 0 Å². The first-order chi connectivity index (χ1) is 11.3. The highest BCUT2D eigenvalue weighted by molar-refractivity contribution is 9.10. The van der Waals surface area contributed by atoms with Gasteiger partial charge >= 0.3 is 6.18 Å². The molecule has 2 rings (SSSR count). The molecule has 0 amide bonds. The van der Waals surface area contributed by atoms with Crippen molar-refractivity contribution in [3.63, 3.8) is 0 Å². The van der Waals surface area contributed by atoms with Crippen molar-refractivity contribution in [1.29, 1.82) is 0 Å². The van der Waals surface area contributed by atoms with Gasteiger partial charge in [-0.3, -0.25) is 9.89 Å². The number of alkyl halides is 3. The second kappa shape index (κ2) is 8.20. The molecule has 1 atom stereocenters. The van der Waals surface area contributed by atoms with Gasteiger partial charge in [0.15, 0.2) is 5.96 Å². The number of guanidine groups is 1. The number of hydrogen-bond donors (Lipinski definition) is 2. The molecular weight excluding hydrogens is 385 g/mol. The Morgan fingerprint density at radius 1 is 1.42 bits per heavy atom. The lowest BCUT2D eigenvalue weighted by atomic mass is 10.1. The molecule has 0 aromatic heterocycles. The molecule has 0 radical (unpaired) electrons. The largest absolute Gasteiger partial charge is 0.401 e. The average Bonchev–Trinajstić information content (AvgIpc) is 2.89. The molecule has 1 fully saturated rings. The maximum atomic E-state index is 12.4. The van der Waals surface area contributed by atoms with Crippen molar-refractivity contribution in [2.75, 3.05) is 26.7 Å². The lowest BCUT2D eigenvalue weighted by molar-refractivity contribution is -0.143. The third-order valence-corrected chi connectivity index (χ3v) is 4.48. The van der Waals surface area contributed by atoms with Crippen molar-refractivity contribution in [3.8, 4) is 0 Å². The van der Waals surface area contributed by atoms with E-state index in [1.165, 1.54) is 4.90 Å². The third kappa shape index (κ3) is 5.98. The number of nitrogens with one attached hydrogen (secondary N) is 2. The van der Waals surface area contributed by atoms with E-state index in [9.17, 15) is 13.2 Å². The summed E-state index contributed by atoms with van der Waals surface area (Å²) in [6.45, 7) is 2.61. The molecule has 24 heavy (non-hydrogen) atoms. The Kier molecular flexibility index (Phi) is 6.51. The Morgan fingerprint density at radius 3 is 2.79 bits per heavy atom. The predicted octanol–water partition coefficient (Wildman–Crippen LogP) is 3.06. The maximum Gasteiger partial charge on any atom is 0.401 e. The van der Waals surface area contributed by atoms with E-state index in [1.807, 2.05) is 25.1 Å². The van der Waals surface area contributed by atoms with Crippen molar-refractivity contribution in [2.45, 2.75) is 32.1 Å². The van der Waals surface area contributed by atoms with E-state index in [0.717, 1.165) is 15.6 Å². The van der Waals surface area contributed by atoms with Crippen molar-refractivity contribution in [3.05, 3.63) is 33.8 Å². The summed E-state index contributed by atoms with van der Waals surface area (Å²) in [5, 5.41) is 6.42. The van der Waals surface area contributed by atoms with E-state index in [-0.39, 0.29) is 6.04 Å². The van der Waals surface area contributed by atoms with Gasteiger partial charge in [0.25, 0.3) is 0 Å². The van der Waals surface area contributed by atoms with Gasteiger partial charge in [-0.05, 0) is 36.6 Å². The first-order valence-corrected chi connectivity index (χ1v) is 8.57. The Balaban J connectivity index is 1.83. The van der Waals surface area contributed by atoms with Crippen LogP contribution in [-0.2, 0) is 6.54 Å². The predicted molar refractivity (Wildman–Crippen MR) is 93.1 cm³/mol. The fourth-order valence-electron chi connectivity index (χ4n) is 2.77. The van der Waals surface area contributed by atoms with Crippen LogP contribution < -0.4 is 10.6 Å². The SMILES string of the molecule is CN=C(NCc1ccc(Br)cc1C)NC1CCN(CC(F)(F)F)C1. The summed E-state index contributed by atoms with van der Waals surface area (Å²) >= 11 is 3.43. The molecule has 4 nitrogen and oxygen atoms in total.